The summed E-state index contributed by atoms with van der Waals surface area (Å²) in [4.78, 5) is 21.9. The van der Waals surface area contributed by atoms with Gasteiger partial charge in [0.05, 0.1) is 6.10 Å². The Hall–Kier alpha value is -1.30. The second-order valence-electron chi connectivity index (χ2n) is 5.95. The summed E-state index contributed by atoms with van der Waals surface area (Å²) in [5.41, 5.74) is -0.0984. The van der Waals surface area contributed by atoms with E-state index in [0.717, 1.165) is 19.4 Å². The van der Waals surface area contributed by atoms with Crippen LogP contribution in [0.15, 0.2) is 0 Å². The predicted molar refractivity (Wildman–Crippen MR) is 75.6 cm³/mol. The Balaban J connectivity index is 2.19. The summed E-state index contributed by atoms with van der Waals surface area (Å²) in [5.74, 6) is -0.845. The molecule has 1 saturated heterocycles. The van der Waals surface area contributed by atoms with Gasteiger partial charge >= 0.3 is 12.0 Å². The topological polar surface area (TPSA) is 87.7 Å². The third-order valence-electron chi connectivity index (χ3n) is 3.61. The van der Waals surface area contributed by atoms with E-state index >= 15 is 0 Å². The van der Waals surface area contributed by atoms with Crippen LogP contribution in [0.25, 0.3) is 0 Å². The molecule has 0 aromatic heterocycles. The van der Waals surface area contributed by atoms with Crippen LogP contribution >= 0.6 is 0 Å². The number of amides is 2. The second-order valence-corrected chi connectivity index (χ2v) is 5.95. The van der Waals surface area contributed by atoms with Crippen LogP contribution in [0, 0.1) is 5.41 Å². The number of nitrogens with one attached hydrogen (secondary N) is 2. The first kappa shape index (κ1) is 16.8. The van der Waals surface area contributed by atoms with E-state index in [-0.39, 0.29) is 24.0 Å². The molecule has 0 aliphatic carbocycles. The highest BCUT2D eigenvalue weighted by Crippen LogP contribution is 2.29. The van der Waals surface area contributed by atoms with Crippen molar-refractivity contribution >= 4 is 12.0 Å². The minimum absolute atomic E-state index is 0.0711. The van der Waals surface area contributed by atoms with E-state index in [9.17, 15) is 9.59 Å². The molecule has 20 heavy (non-hydrogen) atoms. The standard InChI is InChI=1S/C14H26N2O4/c1-14(2,11-6-3-4-9-20-11)10-16-13(19)15-8-5-7-12(17)18/h11H,3-10H2,1-2H3,(H,17,18)(H2,15,16,19). The molecule has 0 spiro atoms. The fourth-order valence-corrected chi connectivity index (χ4v) is 2.28. The summed E-state index contributed by atoms with van der Waals surface area (Å²) < 4.78 is 5.76. The van der Waals surface area contributed by atoms with Gasteiger partial charge in [-0.1, -0.05) is 13.8 Å². The Kier molecular flexibility index (Phi) is 6.78. The van der Waals surface area contributed by atoms with Gasteiger partial charge in [0.2, 0.25) is 0 Å². The maximum atomic E-state index is 11.6. The summed E-state index contributed by atoms with van der Waals surface area (Å²) >= 11 is 0. The van der Waals surface area contributed by atoms with Crippen LogP contribution in [0.3, 0.4) is 0 Å². The average molecular weight is 286 g/mol. The van der Waals surface area contributed by atoms with Crippen molar-refractivity contribution in [3.8, 4) is 0 Å². The molecule has 1 fully saturated rings. The van der Waals surface area contributed by atoms with Crippen LogP contribution in [0.4, 0.5) is 4.79 Å². The number of carboxylic acid groups (broad SMARTS) is 1. The van der Waals surface area contributed by atoms with Gasteiger partial charge in [0.15, 0.2) is 0 Å². The predicted octanol–water partition coefficient (Wildman–Crippen LogP) is 1.75. The molecule has 1 unspecified atom stereocenters. The molecule has 0 aromatic carbocycles. The maximum Gasteiger partial charge on any atom is 0.314 e. The van der Waals surface area contributed by atoms with Crippen LogP contribution in [0.2, 0.25) is 0 Å². The van der Waals surface area contributed by atoms with Crippen molar-refractivity contribution in [2.75, 3.05) is 19.7 Å². The first-order valence-electron chi connectivity index (χ1n) is 7.27. The molecule has 6 nitrogen and oxygen atoms in total. The summed E-state index contributed by atoms with van der Waals surface area (Å²) in [6, 6.07) is -0.251. The molecule has 0 saturated carbocycles. The number of carbonyl (C=O) groups excluding carboxylic acids is 1. The molecule has 1 aliphatic heterocycles. The maximum absolute atomic E-state index is 11.6. The van der Waals surface area contributed by atoms with Crippen molar-refractivity contribution in [3.63, 3.8) is 0 Å². The van der Waals surface area contributed by atoms with E-state index in [1.165, 1.54) is 6.42 Å². The summed E-state index contributed by atoms with van der Waals surface area (Å²) in [5, 5.41) is 14.0. The van der Waals surface area contributed by atoms with E-state index < -0.39 is 5.97 Å². The SMILES string of the molecule is CC(C)(CNC(=O)NCCCC(=O)O)C1CCCCO1. The Labute approximate surface area is 120 Å². The molecule has 1 aliphatic rings. The van der Waals surface area contributed by atoms with Gasteiger partial charge in [0.25, 0.3) is 0 Å². The molecule has 0 bridgehead atoms. The van der Waals surface area contributed by atoms with Crippen LogP contribution in [0.1, 0.15) is 46.0 Å². The molecule has 1 atom stereocenters. The zero-order chi connectivity index (χ0) is 15.0. The zero-order valence-corrected chi connectivity index (χ0v) is 12.4. The number of rotatable bonds is 7. The molecule has 2 amide bonds. The lowest BCUT2D eigenvalue weighted by Crippen LogP contribution is -2.46. The molecule has 1 rings (SSSR count). The van der Waals surface area contributed by atoms with Gasteiger partial charge < -0.3 is 20.5 Å². The normalized spacial score (nSPS) is 19.4. The number of hydrogen-bond acceptors (Lipinski definition) is 3. The van der Waals surface area contributed by atoms with Crippen molar-refractivity contribution in [1.82, 2.24) is 10.6 Å². The lowest BCUT2D eigenvalue weighted by molar-refractivity contribution is -0.137. The third-order valence-corrected chi connectivity index (χ3v) is 3.61. The molecule has 0 radical (unpaired) electrons. The molecule has 6 heteroatoms. The van der Waals surface area contributed by atoms with Crippen molar-refractivity contribution in [3.05, 3.63) is 0 Å². The molecule has 116 valence electrons. The van der Waals surface area contributed by atoms with Gasteiger partial charge in [0.1, 0.15) is 0 Å². The number of aliphatic carboxylic acids is 1. The lowest BCUT2D eigenvalue weighted by atomic mass is 9.82. The van der Waals surface area contributed by atoms with Crippen molar-refractivity contribution in [1.29, 1.82) is 0 Å². The monoisotopic (exact) mass is 286 g/mol. The Morgan fingerprint density at radius 3 is 2.65 bits per heavy atom. The highest BCUT2D eigenvalue weighted by atomic mass is 16.5. The van der Waals surface area contributed by atoms with Crippen LogP contribution in [-0.4, -0.2) is 42.9 Å². The number of ether oxygens (including phenoxy) is 1. The van der Waals surface area contributed by atoms with Crippen LogP contribution in [-0.2, 0) is 9.53 Å². The Bertz CT molecular complexity index is 325. The largest absolute Gasteiger partial charge is 0.481 e. The lowest BCUT2D eigenvalue weighted by Gasteiger charge is -2.36. The molecule has 3 N–H and O–H groups in total. The highest BCUT2D eigenvalue weighted by molar-refractivity contribution is 5.74. The minimum atomic E-state index is -0.845. The number of hydrogen-bond donors (Lipinski definition) is 3. The van der Waals surface area contributed by atoms with E-state index in [2.05, 4.69) is 24.5 Å². The van der Waals surface area contributed by atoms with E-state index in [1.54, 1.807) is 0 Å². The van der Waals surface area contributed by atoms with Gasteiger partial charge in [-0.15, -0.1) is 0 Å². The van der Waals surface area contributed by atoms with Crippen LogP contribution < -0.4 is 10.6 Å². The molecule has 0 aromatic rings. The first-order chi connectivity index (χ1) is 9.42. The van der Waals surface area contributed by atoms with Crippen molar-refractivity contribution in [2.45, 2.75) is 52.1 Å². The molecular weight excluding hydrogens is 260 g/mol. The van der Waals surface area contributed by atoms with Crippen molar-refractivity contribution < 1.29 is 19.4 Å². The Morgan fingerprint density at radius 2 is 2.05 bits per heavy atom. The summed E-state index contributed by atoms with van der Waals surface area (Å²) in [7, 11) is 0. The van der Waals surface area contributed by atoms with Gasteiger partial charge in [-0.2, -0.15) is 0 Å². The summed E-state index contributed by atoms with van der Waals surface area (Å²) in [6.45, 7) is 5.90. The van der Waals surface area contributed by atoms with Gasteiger partial charge in [-0.3, -0.25) is 4.79 Å². The average Bonchev–Trinajstić information content (AvgIpc) is 2.42. The fourth-order valence-electron chi connectivity index (χ4n) is 2.28. The van der Waals surface area contributed by atoms with Gasteiger partial charge in [0, 0.05) is 31.5 Å². The van der Waals surface area contributed by atoms with Gasteiger partial charge in [-0.25, -0.2) is 4.79 Å². The number of urea groups is 1. The minimum Gasteiger partial charge on any atom is -0.481 e. The molecule has 1 heterocycles. The quantitative estimate of drug-likeness (QED) is 0.622. The number of carboxylic acids is 1. The zero-order valence-electron chi connectivity index (χ0n) is 12.4. The fraction of sp³-hybridized carbons (Fsp3) is 0.857. The number of carbonyl (C=O) groups is 2. The highest BCUT2D eigenvalue weighted by Gasteiger charge is 2.31. The van der Waals surface area contributed by atoms with E-state index in [4.69, 9.17) is 9.84 Å². The first-order valence-corrected chi connectivity index (χ1v) is 7.27. The van der Waals surface area contributed by atoms with E-state index in [0.29, 0.717) is 19.5 Å². The smallest absolute Gasteiger partial charge is 0.314 e. The second kappa shape index (κ2) is 8.09. The van der Waals surface area contributed by atoms with Gasteiger partial charge in [-0.05, 0) is 25.7 Å². The molecular formula is C14H26N2O4. The van der Waals surface area contributed by atoms with E-state index in [1.807, 2.05) is 0 Å². The van der Waals surface area contributed by atoms with Crippen LogP contribution in [0.5, 0.6) is 0 Å². The van der Waals surface area contributed by atoms with Crippen molar-refractivity contribution in [2.24, 2.45) is 5.41 Å². The Morgan fingerprint density at radius 1 is 1.30 bits per heavy atom. The summed E-state index contributed by atoms with van der Waals surface area (Å²) in [6.07, 6.45) is 4.03. The third kappa shape index (κ3) is 6.23.